The maximum absolute atomic E-state index is 14.5. The van der Waals surface area contributed by atoms with Gasteiger partial charge in [-0.2, -0.15) is 0 Å². The van der Waals surface area contributed by atoms with Crippen LogP contribution < -0.4 is 26.8 Å². The molecule has 9 nitrogen and oxygen atoms in total. The molecule has 0 aromatic carbocycles. The first-order valence-electron chi connectivity index (χ1n) is 12.5. The van der Waals surface area contributed by atoms with Gasteiger partial charge in [0.25, 0.3) is 0 Å². The molecule has 6 saturated heterocycles. The summed E-state index contributed by atoms with van der Waals surface area (Å²) in [4.78, 5) is 2.65. The number of nitrogens with one attached hydrogen (secondary N) is 5. The van der Waals surface area contributed by atoms with E-state index in [1.54, 1.807) is 0 Å². The van der Waals surface area contributed by atoms with Crippen LogP contribution in [0.5, 0.6) is 0 Å². The van der Waals surface area contributed by atoms with Gasteiger partial charge in [0.15, 0.2) is 0 Å². The van der Waals surface area contributed by atoms with Gasteiger partial charge in [0, 0.05) is 57.1 Å². The van der Waals surface area contributed by atoms with Crippen LogP contribution in [0.3, 0.4) is 0 Å². The highest BCUT2D eigenvalue weighted by atomic mass is 19.1. The molecule has 0 spiro atoms. The van der Waals surface area contributed by atoms with Crippen LogP contribution in [0.4, 0.5) is 4.39 Å². The van der Waals surface area contributed by atoms with Crippen molar-refractivity contribution in [1.29, 1.82) is 0 Å². The normalized spacial score (nSPS) is 47.9. The number of fused-ring (bicyclic) bond motifs is 6. The van der Waals surface area contributed by atoms with E-state index < -0.39 is 6.17 Å². The minimum absolute atomic E-state index is 0.0577. The fourth-order valence-electron chi connectivity index (χ4n) is 6.85. The van der Waals surface area contributed by atoms with E-state index in [9.17, 15) is 4.39 Å². The van der Waals surface area contributed by atoms with Crippen molar-refractivity contribution >= 4 is 0 Å². The highest BCUT2D eigenvalue weighted by Gasteiger charge is 2.46. The molecular weight excluding hydrogens is 399 g/mol. The molecule has 0 amide bonds. The lowest BCUT2D eigenvalue weighted by Crippen LogP contribution is -2.65. The maximum atomic E-state index is 14.5. The molecule has 5 N–H and O–H groups in total. The van der Waals surface area contributed by atoms with Gasteiger partial charge in [-0.15, -0.1) is 0 Å². The van der Waals surface area contributed by atoms with Gasteiger partial charge in [-0.05, 0) is 38.6 Å². The monoisotopic (exact) mass is 438 g/mol. The van der Waals surface area contributed by atoms with Crippen molar-refractivity contribution in [3.8, 4) is 0 Å². The lowest BCUT2D eigenvalue weighted by molar-refractivity contribution is -0.0829. The van der Waals surface area contributed by atoms with Crippen LogP contribution in [-0.2, 0) is 4.74 Å². The Morgan fingerprint density at radius 1 is 0.871 bits per heavy atom. The number of halogens is 1. The summed E-state index contributed by atoms with van der Waals surface area (Å²) >= 11 is 0. The van der Waals surface area contributed by atoms with E-state index in [-0.39, 0.29) is 12.1 Å². The molecule has 0 radical (unpaired) electrons. The second-order valence-corrected chi connectivity index (χ2v) is 10.2. The zero-order chi connectivity index (χ0) is 20.8. The van der Waals surface area contributed by atoms with Crippen LogP contribution in [0.1, 0.15) is 32.1 Å². The third kappa shape index (κ3) is 4.15. The second-order valence-electron chi connectivity index (χ2n) is 10.2. The molecule has 6 aliphatic rings. The fraction of sp³-hybridized carbons (Fsp3) is 1.00. The van der Waals surface area contributed by atoms with Gasteiger partial charge in [-0.25, -0.2) is 14.4 Å². The lowest BCUT2D eigenvalue weighted by atomic mass is 9.87. The molecule has 0 aliphatic carbocycles. The molecule has 6 heterocycles. The van der Waals surface area contributed by atoms with E-state index in [0.29, 0.717) is 50.0 Å². The first-order chi connectivity index (χ1) is 15.3. The lowest BCUT2D eigenvalue weighted by Gasteiger charge is -2.47. The zero-order valence-corrected chi connectivity index (χ0v) is 18.4. The number of alkyl halides is 1. The molecule has 176 valence electrons. The highest BCUT2D eigenvalue weighted by molar-refractivity contribution is 4.98. The van der Waals surface area contributed by atoms with Gasteiger partial charge in [-0.1, -0.05) is 0 Å². The molecule has 0 aromatic heterocycles. The van der Waals surface area contributed by atoms with Gasteiger partial charge >= 0.3 is 0 Å². The molecular formula is C21H39FN8O. The van der Waals surface area contributed by atoms with Gasteiger partial charge in [0.1, 0.15) is 12.4 Å². The van der Waals surface area contributed by atoms with Crippen molar-refractivity contribution in [3.63, 3.8) is 0 Å². The Labute approximate surface area is 184 Å². The Kier molecular flexibility index (Phi) is 6.19. The molecule has 6 rings (SSSR count). The van der Waals surface area contributed by atoms with Crippen LogP contribution >= 0.6 is 0 Å². The third-order valence-corrected chi connectivity index (χ3v) is 8.39. The highest BCUT2D eigenvalue weighted by Crippen LogP contribution is 2.35. The van der Waals surface area contributed by atoms with Crippen molar-refractivity contribution in [2.24, 2.45) is 11.8 Å². The first kappa shape index (κ1) is 21.1. The molecule has 6 aliphatic heterocycles. The number of piperidine rings is 1. The number of ether oxygens (including phenoxy) is 1. The maximum Gasteiger partial charge on any atom is 0.113 e. The molecule has 7 unspecified atom stereocenters. The minimum atomic E-state index is -0.776. The van der Waals surface area contributed by atoms with Crippen molar-refractivity contribution < 1.29 is 9.13 Å². The van der Waals surface area contributed by atoms with Crippen LogP contribution in [0, 0.1) is 11.8 Å². The van der Waals surface area contributed by atoms with Crippen molar-refractivity contribution in [2.75, 3.05) is 52.4 Å². The minimum Gasteiger partial charge on any atom is -0.362 e. The van der Waals surface area contributed by atoms with Crippen LogP contribution in [0.25, 0.3) is 0 Å². The summed E-state index contributed by atoms with van der Waals surface area (Å²) < 4.78 is 20.9. The molecule has 31 heavy (non-hydrogen) atoms. The van der Waals surface area contributed by atoms with Crippen LogP contribution in [0.2, 0.25) is 0 Å². The molecule has 2 bridgehead atoms. The van der Waals surface area contributed by atoms with E-state index in [0.717, 1.165) is 58.5 Å². The molecule has 8 atom stereocenters. The molecule has 6 fully saturated rings. The standard InChI is InChI=1S/C21H39FN8O/c22-15-10-16-17-2-1-6-28(17)19-4-7-30-20(27-19)14(12-26-30)11-23-18-3-5-25-29(18)8-9-31-21(16)24-13-15/h14-21,23-27H,1-13H2/t14?,15?,16?,17-,18?,19?,20?,21?/m1/s1. The Morgan fingerprint density at radius 3 is 2.81 bits per heavy atom. The first-order valence-corrected chi connectivity index (χ1v) is 12.5. The third-order valence-electron chi connectivity index (χ3n) is 8.39. The van der Waals surface area contributed by atoms with Crippen LogP contribution in [0.15, 0.2) is 0 Å². The molecule has 0 aromatic rings. The summed E-state index contributed by atoms with van der Waals surface area (Å²) in [7, 11) is 0. The largest absolute Gasteiger partial charge is 0.362 e. The van der Waals surface area contributed by atoms with Crippen molar-refractivity contribution in [2.45, 2.75) is 69.0 Å². The number of hydrazine groups is 2. The summed E-state index contributed by atoms with van der Waals surface area (Å²) in [6.45, 7) is 7.09. The van der Waals surface area contributed by atoms with Gasteiger partial charge < -0.3 is 10.1 Å². The van der Waals surface area contributed by atoms with Crippen molar-refractivity contribution in [1.82, 2.24) is 41.7 Å². The Bertz CT molecular complexity index is 630. The van der Waals surface area contributed by atoms with E-state index in [4.69, 9.17) is 4.74 Å². The summed E-state index contributed by atoms with van der Waals surface area (Å²) in [6.07, 6.45) is 5.38. The van der Waals surface area contributed by atoms with Crippen molar-refractivity contribution in [3.05, 3.63) is 0 Å². The average Bonchev–Trinajstić information content (AvgIpc) is 3.52. The zero-order valence-electron chi connectivity index (χ0n) is 18.4. The SMILES string of the molecule is FC1CNC2OCCN3NCCC3NCC3CNN4CCC(NC34)N3CCC[C@@H]3C2C1. The number of nitrogens with zero attached hydrogens (tertiary/aromatic N) is 3. The topological polar surface area (TPSA) is 79.1 Å². The summed E-state index contributed by atoms with van der Waals surface area (Å²) in [6, 6.07) is 0.383. The van der Waals surface area contributed by atoms with Crippen LogP contribution in [-0.4, -0.2) is 104 Å². The number of rotatable bonds is 0. The Balaban J connectivity index is 1.26. The summed E-state index contributed by atoms with van der Waals surface area (Å²) in [5, 5.41) is 15.9. The predicted octanol–water partition coefficient (Wildman–Crippen LogP) is -1.04. The van der Waals surface area contributed by atoms with E-state index >= 15 is 0 Å². The smallest absolute Gasteiger partial charge is 0.113 e. The van der Waals surface area contributed by atoms with E-state index in [1.807, 2.05) is 0 Å². The van der Waals surface area contributed by atoms with Gasteiger partial charge in [0.05, 0.1) is 25.1 Å². The number of hydrogen-bond acceptors (Lipinski definition) is 9. The van der Waals surface area contributed by atoms with E-state index in [1.165, 1.54) is 6.42 Å². The van der Waals surface area contributed by atoms with E-state index in [2.05, 4.69) is 41.7 Å². The average molecular weight is 439 g/mol. The fourth-order valence-corrected chi connectivity index (χ4v) is 6.85. The van der Waals surface area contributed by atoms with Gasteiger partial charge in [0.2, 0.25) is 0 Å². The van der Waals surface area contributed by atoms with Gasteiger partial charge in [-0.3, -0.25) is 26.4 Å². The number of hydrogen-bond donors (Lipinski definition) is 5. The second kappa shape index (κ2) is 9.08. The Hall–Kier alpha value is -0.430. The molecule has 10 heteroatoms. The summed E-state index contributed by atoms with van der Waals surface area (Å²) in [5.41, 5.74) is 7.14. The summed E-state index contributed by atoms with van der Waals surface area (Å²) in [5.74, 6) is 0.737. The molecule has 0 saturated carbocycles. The predicted molar refractivity (Wildman–Crippen MR) is 115 cm³/mol. The Morgan fingerprint density at radius 2 is 1.84 bits per heavy atom. The quantitative estimate of drug-likeness (QED) is 0.326.